The zero-order chi connectivity index (χ0) is 27.7. The van der Waals surface area contributed by atoms with Gasteiger partial charge in [0.1, 0.15) is 12.6 Å². The summed E-state index contributed by atoms with van der Waals surface area (Å²) in [5.74, 6) is -0.810. The fraction of sp³-hybridized carbons (Fsp3) is 0.310. The lowest BCUT2D eigenvalue weighted by Crippen LogP contribution is -2.54. The van der Waals surface area contributed by atoms with Crippen LogP contribution in [0.25, 0.3) is 0 Å². The fourth-order valence-electron chi connectivity index (χ4n) is 4.02. The van der Waals surface area contributed by atoms with Gasteiger partial charge in [0.25, 0.3) is 0 Å². The van der Waals surface area contributed by atoms with Crippen LogP contribution in [0.15, 0.2) is 84.9 Å². The molecule has 202 valence electrons. The molecule has 0 fully saturated rings. The zero-order valence-electron chi connectivity index (χ0n) is 21.9. The third-order valence-corrected chi connectivity index (χ3v) is 7.71. The number of anilines is 1. The molecule has 0 heterocycles. The molecule has 2 atom stereocenters. The van der Waals surface area contributed by atoms with Gasteiger partial charge in [-0.25, -0.2) is 8.42 Å². The minimum Gasteiger partial charge on any atom is -0.352 e. The highest BCUT2D eigenvalue weighted by Gasteiger charge is 2.33. The Morgan fingerprint density at radius 2 is 1.45 bits per heavy atom. The van der Waals surface area contributed by atoms with Crippen molar-refractivity contribution < 1.29 is 18.0 Å². The molecule has 3 aromatic rings. The third-order valence-electron chi connectivity index (χ3n) is 6.27. The van der Waals surface area contributed by atoms with Gasteiger partial charge in [0.2, 0.25) is 21.8 Å². The number of sulfonamides is 1. The smallest absolute Gasteiger partial charge is 0.244 e. The summed E-state index contributed by atoms with van der Waals surface area (Å²) in [4.78, 5) is 29.0. The Bertz CT molecular complexity index is 1320. The molecule has 2 amide bonds. The van der Waals surface area contributed by atoms with E-state index in [-0.39, 0.29) is 35.6 Å². The number of benzene rings is 3. The molecule has 0 aliphatic rings. The van der Waals surface area contributed by atoms with Crippen LogP contribution < -0.4 is 9.62 Å². The van der Waals surface area contributed by atoms with Crippen LogP contribution in [0.5, 0.6) is 0 Å². The average molecular weight is 556 g/mol. The molecule has 0 spiro atoms. The van der Waals surface area contributed by atoms with E-state index >= 15 is 0 Å². The summed E-state index contributed by atoms with van der Waals surface area (Å²) < 4.78 is 26.6. The number of halogens is 1. The normalized spacial score (nSPS) is 12.8. The molecule has 0 aromatic heterocycles. The summed E-state index contributed by atoms with van der Waals surface area (Å²) in [5, 5.41) is 3.21. The lowest BCUT2D eigenvalue weighted by molar-refractivity contribution is -0.140. The van der Waals surface area contributed by atoms with Gasteiger partial charge in [0, 0.05) is 19.0 Å². The molecule has 0 aliphatic heterocycles. The average Bonchev–Trinajstić information content (AvgIpc) is 2.90. The van der Waals surface area contributed by atoms with E-state index in [4.69, 9.17) is 11.6 Å². The summed E-state index contributed by atoms with van der Waals surface area (Å²) in [7, 11) is -3.87. The van der Waals surface area contributed by atoms with Crippen molar-refractivity contribution in [3.63, 3.8) is 0 Å². The summed E-state index contributed by atoms with van der Waals surface area (Å²) in [6.07, 6.45) is 2.03. The fourth-order valence-corrected chi connectivity index (χ4v) is 5.17. The van der Waals surface area contributed by atoms with Gasteiger partial charge < -0.3 is 10.2 Å². The highest BCUT2D eigenvalue weighted by atomic mass is 35.5. The highest BCUT2D eigenvalue weighted by Crippen LogP contribution is 2.27. The number of carbonyl (C=O) groups excluding carboxylic acids is 2. The lowest BCUT2D eigenvalue weighted by atomic mass is 10.0. The Kier molecular flexibility index (Phi) is 10.3. The predicted molar refractivity (Wildman–Crippen MR) is 152 cm³/mol. The molecule has 1 N–H and O–H groups in total. The Hall–Kier alpha value is -3.36. The van der Waals surface area contributed by atoms with E-state index in [9.17, 15) is 18.0 Å². The topological polar surface area (TPSA) is 86.8 Å². The van der Waals surface area contributed by atoms with Crippen molar-refractivity contribution in [2.45, 2.75) is 45.3 Å². The molecule has 0 unspecified atom stereocenters. The number of carbonyl (C=O) groups is 2. The molecule has 0 radical (unpaired) electrons. The number of nitrogens with one attached hydrogen (secondary N) is 1. The standard InChI is InChI=1S/C29H34ClN3O4S/c1-4-22(2)31-29(35)27(19-23-13-7-5-8-14-23)32(20-24-15-9-6-10-16-24)28(34)21-33(38(3,36)37)26-18-12-11-17-25(26)30/h5-18,22,27H,4,19-21H2,1-3H3,(H,31,35)/t22-,27-/m1/s1. The lowest BCUT2D eigenvalue weighted by Gasteiger charge is -2.34. The van der Waals surface area contributed by atoms with Gasteiger partial charge in [-0.1, -0.05) is 91.3 Å². The SMILES string of the molecule is CC[C@@H](C)NC(=O)[C@@H](Cc1ccccc1)N(Cc1ccccc1)C(=O)CN(c1ccccc1Cl)S(C)(=O)=O. The van der Waals surface area contributed by atoms with E-state index in [0.29, 0.717) is 0 Å². The molecular weight excluding hydrogens is 522 g/mol. The maximum Gasteiger partial charge on any atom is 0.244 e. The number of amides is 2. The van der Waals surface area contributed by atoms with Gasteiger partial charge in [-0.15, -0.1) is 0 Å². The number of rotatable bonds is 12. The van der Waals surface area contributed by atoms with E-state index in [2.05, 4.69) is 5.32 Å². The first-order valence-electron chi connectivity index (χ1n) is 12.5. The van der Waals surface area contributed by atoms with Crippen LogP contribution in [-0.2, 0) is 32.6 Å². The largest absolute Gasteiger partial charge is 0.352 e. The maximum atomic E-state index is 14.0. The Balaban J connectivity index is 2.05. The van der Waals surface area contributed by atoms with Crippen molar-refractivity contribution >= 4 is 39.1 Å². The van der Waals surface area contributed by atoms with Gasteiger partial charge >= 0.3 is 0 Å². The monoisotopic (exact) mass is 555 g/mol. The second-order valence-electron chi connectivity index (χ2n) is 9.25. The van der Waals surface area contributed by atoms with Crippen molar-refractivity contribution in [2.24, 2.45) is 0 Å². The van der Waals surface area contributed by atoms with E-state index in [1.54, 1.807) is 24.3 Å². The van der Waals surface area contributed by atoms with E-state index in [1.165, 1.54) is 4.90 Å². The number of hydrogen-bond acceptors (Lipinski definition) is 4. The van der Waals surface area contributed by atoms with Gasteiger partial charge in [-0.3, -0.25) is 13.9 Å². The number of para-hydroxylation sites is 1. The predicted octanol–water partition coefficient (Wildman–Crippen LogP) is 4.66. The van der Waals surface area contributed by atoms with E-state index < -0.39 is 28.5 Å². The van der Waals surface area contributed by atoms with Gasteiger partial charge in [0.05, 0.1) is 17.0 Å². The number of nitrogens with zero attached hydrogens (tertiary/aromatic N) is 2. The van der Waals surface area contributed by atoms with Gasteiger partial charge in [-0.05, 0) is 36.6 Å². The van der Waals surface area contributed by atoms with Crippen LogP contribution in [0.2, 0.25) is 5.02 Å². The van der Waals surface area contributed by atoms with Crippen LogP contribution in [0.3, 0.4) is 0 Å². The van der Waals surface area contributed by atoms with Crippen LogP contribution in [0.1, 0.15) is 31.4 Å². The second kappa shape index (κ2) is 13.4. The molecule has 0 aliphatic carbocycles. The molecule has 38 heavy (non-hydrogen) atoms. The van der Waals surface area contributed by atoms with Crippen molar-refractivity contribution in [3.8, 4) is 0 Å². The first kappa shape index (κ1) is 29.2. The summed E-state index contributed by atoms with van der Waals surface area (Å²) >= 11 is 6.32. The highest BCUT2D eigenvalue weighted by molar-refractivity contribution is 7.92. The van der Waals surface area contributed by atoms with Crippen molar-refractivity contribution in [2.75, 3.05) is 17.1 Å². The minimum absolute atomic E-state index is 0.0925. The molecule has 3 rings (SSSR count). The first-order chi connectivity index (χ1) is 18.1. The van der Waals surface area contributed by atoms with Crippen LogP contribution in [-0.4, -0.2) is 50.0 Å². The Morgan fingerprint density at radius 3 is 2.00 bits per heavy atom. The van der Waals surface area contributed by atoms with Crippen molar-refractivity contribution in [3.05, 3.63) is 101 Å². The van der Waals surface area contributed by atoms with E-state index in [0.717, 1.165) is 28.1 Å². The first-order valence-corrected chi connectivity index (χ1v) is 14.7. The Morgan fingerprint density at radius 1 is 0.895 bits per heavy atom. The molecule has 0 bridgehead atoms. The van der Waals surface area contributed by atoms with Crippen LogP contribution in [0, 0.1) is 0 Å². The molecule has 3 aromatic carbocycles. The molecule has 9 heteroatoms. The summed E-state index contributed by atoms with van der Waals surface area (Å²) in [6, 6.07) is 24.3. The van der Waals surface area contributed by atoms with E-state index in [1.807, 2.05) is 74.5 Å². The maximum absolute atomic E-state index is 14.0. The van der Waals surface area contributed by atoms with Gasteiger partial charge in [-0.2, -0.15) is 0 Å². The number of hydrogen-bond donors (Lipinski definition) is 1. The van der Waals surface area contributed by atoms with Crippen molar-refractivity contribution in [1.29, 1.82) is 0 Å². The summed E-state index contributed by atoms with van der Waals surface area (Å²) in [5.41, 5.74) is 1.90. The minimum atomic E-state index is -3.87. The zero-order valence-corrected chi connectivity index (χ0v) is 23.5. The molecule has 7 nitrogen and oxygen atoms in total. The quantitative estimate of drug-likeness (QED) is 0.352. The molecular formula is C29H34ClN3O4S. The van der Waals surface area contributed by atoms with Gasteiger partial charge in [0.15, 0.2) is 0 Å². The Labute approximate surface area is 230 Å². The van der Waals surface area contributed by atoms with Crippen LogP contribution >= 0.6 is 11.6 Å². The summed E-state index contributed by atoms with van der Waals surface area (Å²) in [6.45, 7) is 3.50. The third kappa shape index (κ3) is 8.07. The second-order valence-corrected chi connectivity index (χ2v) is 11.6. The van der Waals surface area contributed by atoms with Crippen molar-refractivity contribution in [1.82, 2.24) is 10.2 Å². The molecule has 0 saturated carbocycles. The van der Waals surface area contributed by atoms with Crippen LogP contribution in [0.4, 0.5) is 5.69 Å². The molecule has 0 saturated heterocycles.